The Kier molecular flexibility index (Phi) is 0.927. The summed E-state index contributed by atoms with van der Waals surface area (Å²) < 4.78 is 0. The summed E-state index contributed by atoms with van der Waals surface area (Å²) in [5, 5.41) is 3.14. The van der Waals surface area contributed by atoms with E-state index in [1.165, 1.54) is 5.57 Å². The lowest BCUT2D eigenvalue weighted by atomic mass is 10.5. The van der Waals surface area contributed by atoms with E-state index in [4.69, 9.17) is 0 Å². The van der Waals surface area contributed by atoms with Crippen molar-refractivity contribution in [1.29, 1.82) is 0 Å². The topological polar surface area (TPSA) is 12.0 Å². The molecule has 1 saturated carbocycles. The molecule has 1 heteroatoms. The lowest BCUT2D eigenvalue weighted by molar-refractivity contribution is 0.749. The smallest absolute Gasteiger partial charge is 0.0341 e. The lowest BCUT2D eigenvalue weighted by Crippen LogP contribution is -2.09. The van der Waals surface area contributed by atoms with Crippen LogP contribution >= 0.6 is 0 Å². The minimum atomic E-state index is 0.625. The zero-order valence-corrected chi connectivity index (χ0v) is 4.86. The minimum absolute atomic E-state index is 0.625. The van der Waals surface area contributed by atoms with Crippen molar-refractivity contribution in [2.45, 2.75) is 13.0 Å². The van der Waals surface area contributed by atoms with Crippen LogP contribution in [0.3, 0.4) is 0 Å². The molecule has 40 valence electrons. The fraction of sp³-hybridized carbons (Fsp3) is 0.667. The third-order valence-electron chi connectivity index (χ3n) is 1.69. The van der Waals surface area contributed by atoms with E-state index < -0.39 is 0 Å². The predicted octanol–water partition coefficient (Wildman–Crippen LogP) is 0.780. The highest BCUT2D eigenvalue weighted by Crippen LogP contribution is 2.34. The molecule has 0 amide bonds. The Morgan fingerprint density at radius 3 is 2.14 bits per heavy atom. The SMILES string of the molecule is C=C1C(C)C1NC. The monoisotopic (exact) mass is 97.1 g/mol. The summed E-state index contributed by atoms with van der Waals surface area (Å²) in [5.41, 5.74) is 1.35. The maximum Gasteiger partial charge on any atom is 0.0341 e. The van der Waals surface area contributed by atoms with E-state index in [-0.39, 0.29) is 0 Å². The molecule has 1 N–H and O–H groups in total. The molecule has 1 fully saturated rings. The Hall–Kier alpha value is -0.300. The molecule has 1 rings (SSSR count). The Morgan fingerprint density at radius 2 is 2.14 bits per heavy atom. The minimum Gasteiger partial charge on any atom is -0.313 e. The molecule has 0 spiro atoms. The van der Waals surface area contributed by atoms with Crippen LogP contribution in [0.1, 0.15) is 6.92 Å². The largest absolute Gasteiger partial charge is 0.313 e. The van der Waals surface area contributed by atoms with E-state index in [2.05, 4.69) is 18.8 Å². The summed E-state index contributed by atoms with van der Waals surface area (Å²) in [6.07, 6.45) is 0. The van der Waals surface area contributed by atoms with Crippen LogP contribution < -0.4 is 5.32 Å². The molecule has 0 heterocycles. The first-order valence-electron chi connectivity index (χ1n) is 2.63. The average molecular weight is 97.2 g/mol. The first-order valence-corrected chi connectivity index (χ1v) is 2.63. The van der Waals surface area contributed by atoms with Gasteiger partial charge in [0.05, 0.1) is 0 Å². The predicted molar refractivity (Wildman–Crippen MR) is 31.2 cm³/mol. The van der Waals surface area contributed by atoms with Gasteiger partial charge in [0.15, 0.2) is 0 Å². The average Bonchev–Trinajstić information content (AvgIpc) is 2.17. The van der Waals surface area contributed by atoms with Gasteiger partial charge >= 0.3 is 0 Å². The third-order valence-corrected chi connectivity index (χ3v) is 1.69. The molecule has 2 unspecified atom stereocenters. The van der Waals surface area contributed by atoms with Gasteiger partial charge in [0.25, 0.3) is 0 Å². The van der Waals surface area contributed by atoms with Gasteiger partial charge in [0.1, 0.15) is 0 Å². The highest BCUT2D eigenvalue weighted by molar-refractivity contribution is 5.29. The normalized spacial score (nSPS) is 38.9. The second-order valence-corrected chi connectivity index (χ2v) is 2.13. The van der Waals surface area contributed by atoms with Crippen molar-refractivity contribution in [3.63, 3.8) is 0 Å². The second-order valence-electron chi connectivity index (χ2n) is 2.13. The summed E-state index contributed by atoms with van der Waals surface area (Å²) in [4.78, 5) is 0. The van der Waals surface area contributed by atoms with Gasteiger partial charge in [-0.15, -0.1) is 0 Å². The first kappa shape index (κ1) is 4.85. The van der Waals surface area contributed by atoms with Crippen molar-refractivity contribution >= 4 is 0 Å². The van der Waals surface area contributed by atoms with Crippen LogP contribution in [0.5, 0.6) is 0 Å². The summed E-state index contributed by atoms with van der Waals surface area (Å²) >= 11 is 0. The Balaban J connectivity index is 2.38. The molecule has 0 saturated heterocycles. The van der Waals surface area contributed by atoms with Gasteiger partial charge in [-0.05, 0) is 13.0 Å². The summed E-state index contributed by atoms with van der Waals surface area (Å²) in [5.74, 6) is 0.727. The van der Waals surface area contributed by atoms with Gasteiger partial charge in [0.2, 0.25) is 0 Å². The van der Waals surface area contributed by atoms with Gasteiger partial charge in [-0.1, -0.05) is 19.1 Å². The molecule has 0 aliphatic heterocycles. The van der Waals surface area contributed by atoms with E-state index in [0.29, 0.717) is 6.04 Å². The van der Waals surface area contributed by atoms with E-state index in [1.54, 1.807) is 0 Å². The molecular weight excluding hydrogens is 86.1 g/mol. The van der Waals surface area contributed by atoms with Crippen LogP contribution in [-0.4, -0.2) is 13.1 Å². The molecule has 1 aliphatic rings. The maximum absolute atomic E-state index is 3.84. The Morgan fingerprint density at radius 1 is 1.71 bits per heavy atom. The Bertz CT molecular complexity index is 96.4. The summed E-state index contributed by atoms with van der Waals surface area (Å²) in [6, 6.07) is 0.625. The van der Waals surface area contributed by atoms with Crippen molar-refractivity contribution in [1.82, 2.24) is 5.32 Å². The third kappa shape index (κ3) is 0.570. The standard InChI is InChI=1S/C6H11N/c1-4-5(2)6(4)7-3/h5-7H,1H2,2-3H3. The van der Waals surface area contributed by atoms with Crippen molar-refractivity contribution < 1.29 is 0 Å². The number of rotatable bonds is 1. The van der Waals surface area contributed by atoms with Crippen molar-refractivity contribution in [2.24, 2.45) is 5.92 Å². The van der Waals surface area contributed by atoms with Crippen LogP contribution in [0.2, 0.25) is 0 Å². The van der Waals surface area contributed by atoms with Gasteiger partial charge in [-0.2, -0.15) is 0 Å². The van der Waals surface area contributed by atoms with Gasteiger partial charge in [-0.25, -0.2) is 0 Å². The molecular formula is C6H11N. The van der Waals surface area contributed by atoms with Crippen LogP contribution in [0, 0.1) is 5.92 Å². The molecule has 2 atom stereocenters. The first-order chi connectivity index (χ1) is 3.27. The van der Waals surface area contributed by atoms with Gasteiger partial charge in [0, 0.05) is 6.04 Å². The van der Waals surface area contributed by atoms with E-state index in [9.17, 15) is 0 Å². The molecule has 1 aliphatic carbocycles. The molecule has 0 aromatic heterocycles. The molecule has 1 nitrogen and oxygen atoms in total. The zero-order chi connectivity index (χ0) is 5.44. The fourth-order valence-electron chi connectivity index (χ4n) is 0.899. The molecule has 7 heavy (non-hydrogen) atoms. The quantitative estimate of drug-likeness (QED) is 0.477. The van der Waals surface area contributed by atoms with Gasteiger partial charge < -0.3 is 5.32 Å². The number of hydrogen-bond donors (Lipinski definition) is 1. The maximum atomic E-state index is 3.84. The lowest BCUT2D eigenvalue weighted by Gasteiger charge is -1.84. The number of likely N-dealkylation sites (N-methyl/N-ethyl adjacent to an activating group) is 1. The van der Waals surface area contributed by atoms with Crippen LogP contribution in [0.15, 0.2) is 12.2 Å². The van der Waals surface area contributed by atoms with Crippen LogP contribution in [0.4, 0.5) is 0 Å². The van der Waals surface area contributed by atoms with E-state index in [0.717, 1.165) is 5.92 Å². The van der Waals surface area contributed by atoms with Crippen LogP contribution in [-0.2, 0) is 0 Å². The van der Waals surface area contributed by atoms with Crippen molar-refractivity contribution in [3.8, 4) is 0 Å². The van der Waals surface area contributed by atoms with E-state index in [1.807, 2.05) is 7.05 Å². The number of nitrogens with one attached hydrogen (secondary N) is 1. The summed E-state index contributed by atoms with van der Waals surface area (Å²) in [6.45, 7) is 6.02. The Labute approximate surface area is 44.4 Å². The van der Waals surface area contributed by atoms with E-state index >= 15 is 0 Å². The highest BCUT2D eigenvalue weighted by atomic mass is 14.9. The molecule has 0 radical (unpaired) electrons. The number of hydrogen-bond acceptors (Lipinski definition) is 1. The van der Waals surface area contributed by atoms with Crippen LogP contribution in [0.25, 0.3) is 0 Å². The van der Waals surface area contributed by atoms with Crippen molar-refractivity contribution in [2.75, 3.05) is 7.05 Å². The zero-order valence-electron chi connectivity index (χ0n) is 4.86. The molecule has 0 bridgehead atoms. The van der Waals surface area contributed by atoms with Gasteiger partial charge in [-0.3, -0.25) is 0 Å². The molecule has 0 aromatic rings. The molecule has 0 aromatic carbocycles. The highest BCUT2D eigenvalue weighted by Gasteiger charge is 2.36. The van der Waals surface area contributed by atoms with Crippen molar-refractivity contribution in [3.05, 3.63) is 12.2 Å². The second kappa shape index (κ2) is 1.34. The summed E-state index contributed by atoms with van der Waals surface area (Å²) in [7, 11) is 1.97. The fourth-order valence-corrected chi connectivity index (χ4v) is 0.899.